The van der Waals surface area contributed by atoms with Crippen molar-refractivity contribution in [2.24, 2.45) is 5.92 Å². The van der Waals surface area contributed by atoms with Crippen molar-refractivity contribution in [2.75, 3.05) is 0 Å². The SMILES string of the molecule is O=C1NC(=O)N(Cc2ccccc2)C(=O)[C@@H]1Cc1ccccc1. The van der Waals surface area contributed by atoms with E-state index in [1.807, 2.05) is 60.7 Å². The van der Waals surface area contributed by atoms with E-state index < -0.39 is 23.8 Å². The maximum atomic E-state index is 12.6. The van der Waals surface area contributed by atoms with Crippen LogP contribution in [0.15, 0.2) is 60.7 Å². The van der Waals surface area contributed by atoms with E-state index in [-0.39, 0.29) is 13.0 Å². The van der Waals surface area contributed by atoms with Crippen LogP contribution in [-0.2, 0) is 22.6 Å². The Labute approximate surface area is 133 Å². The van der Waals surface area contributed by atoms with Crippen molar-refractivity contribution in [1.82, 2.24) is 10.2 Å². The van der Waals surface area contributed by atoms with Crippen LogP contribution in [0.3, 0.4) is 0 Å². The Balaban J connectivity index is 1.80. The predicted molar refractivity (Wildman–Crippen MR) is 84.2 cm³/mol. The number of benzene rings is 2. The summed E-state index contributed by atoms with van der Waals surface area (Å²) in [5.74, 6) is -1.86. The standard InChI is InChI=1S/C18H16N2O3/c21-16-15(11-13-7-3-1-4-8-13)17(22)20(18(23)19-16)12-14-9-5-2-6-10-14/h1-10,15H,11-12H2,(H,19,21,23)/t15-/m1/s1. The largest absolute Gasteiger partial charge is 0.331 e. The molecule has 4 amide bonds. The number of imide groups is 2. The van der Waals surface area contributed by atoms with Crippen LogP contribution in [0.2, 0.25) is 0 Å². The van der Waals surface area contributed by atoms with Crippen LogP contribution >= 0.6 is 0 Å². The fourth-order valence-corrected chi connectivity index (χ4v) is 2.61. The van der Waals surface area contributed by atoms with Crippen molar-refractivity contribution < 1.29 is 14.4 Å². The van der Waals surface area contributed by atoms with E-state index in [2.05, 4.69) is 5.32 Å². The molecule has 1 heterocycles. The van der Waals surface area contributed by atoms with E-state index in [0.717, 1.165) is 16.0 Å². The second-order valence-corrected chi connectivity index (χ2v) is 5.45. The molecule has 1 aliphatic rings. The molecule has 5 nitrogen and oxygen atoms in total. The van der Waals surface area contributed by atoms with E-state index >= 15 is 0 Å². The van der Waals surface area contributed by atoms with Crippen molar-refractivity contribution >= 4 is 17.8 Å². The molecule has 0 radical (unpaired) electrons. The molecule has 23 heavy (non-hydrogen) atoms. The number of barbiturate groups is 1. The molecule has 0 spiro atoms. The Morgan fingerprint density at radius 1 is 0.826 bits per heavy atom. The number of carbonyl (C=O) groups is 3. The lowest BCUT2D eigenvalue weighted by molar-refractivity contribution is -0.142. The van der Waals surface area contributed by atoms with Crippen LogP contribution in [0.25, 0.3) is 0 Å². The van der Waals surface area contributed by atoms with E-state index in [9.17, 15) is 14.4 Å². The molecular weight excluding hydrogens is 292 g/mol. The summed E-state index contributed by atoms with van der Waals surface area (Å²) in [6, 6.07) is 17.9. The normalized spacial score (nSPS) is 18.0. The molecule has 0 saturated carbocycles. The lowest BCUT2D eigenvalue weighted by Crippen LogP contribution is -2.57. The first-order valence-corrected chi connectivity index (χ1v) is 7.39. The van der Waals surface area contributed by atoms with Crippen molar-refractivity contribution in [3.63, 3.8) is 0 Å². The van der Waals surface area contributed by atoms with Crippen LogP contribution < -0.4 is 5.32 Å². The molecule has 2 aromatic rings. The van der Waals surface area contributed by atoms with Gasteiger partial charge in [0.2, 0.25) is 11.8 Å². The first kappa shape index (κ1) is 15.0. The summed E-state index contributed by atoms with van der Waals surface area (Å²) >= 11 is 0. The molecule has 2 aromatic carbocycles. The van der Waals surface area contributed by atoms with Crippen molar-refractivity contribution in [1.29, 1.82) is 0 Å². The van der Waals surface area contributed by atoms with Gasteiger partial charge in [0.05, 0.1) is 6.54 Å². The Morgan fingerprint density at radius 2 is 1.39 bits per heavy atom. The van der Waals surface area contributed by atoms with Crippen molar-refractivity contribution in [3.8, 4) is 0 Å². The highest BCUT2D eigenvalue weighted by Gasteiger charge is 2.40. The Morgan fingerprint density at radius 3 is 2.00 bits per heavy atom. The fourth-order valence-electron chi connectivity index (χ4n) is 2.61. The average Bonchev–Trinajstić information content (AvgIpc) is 2.57. The summed E-state index contributed by atoms with van der Waals surface area (Å²) < 4.78 is 0. The highest BCUT2D eigenvalue weighted by atomic mass is 16.2. The first-order valence-electron chi connectivity index (χ1n) is 7.39. The van der Waals surface area contributed by atoms with E-state index in [1.165, 1.54) is 0 Å². The number of urea groups is 1. The number of rotatable bonds is 4. The molecule has 5 heteroatoms. The lowest BCUT2D eigenvalue weighted by Gasteiger charge is -2.30. The topological polar surface area (TPSA) is 66.5 Å². The summed E-state index contributed by atoms with van der Waals surface area (Å²) in [7, 11) is 0. The molecule has 1 atom stereocenters. The smallest absolute Gasteiger partial charge is 0.277 e. The minimum atomic E-state index is -0.876. The van der Waals surface area contributed by atoms with Gasteiger partial charge in [-0.2, -0.15) is 0 Å². The summed E-state index contributed by atoms with van der Waals surface area (Å²) in [6.07, 6.45) is 0.282. The van der Waals surface area contributed by atoms with Crippen LogP contribution in [0.4, 0.5) is 4.79 Å². The van der Waals surface area contributed by atoms with Gasteiger partial charge in [-0.05, 0) is 17.5 Å². The maximum absolute atomic E-state index is 12.6. The maximum Gasteiger partial charge on any atom is 0.331 e. The molecule has 0 aromatic heterocycles. The van der Waals surface area contributed by atoms with Gasteiger partial charge in [0.15, 0.2) is 0 Å². The summed E-state index contributed by atoms with van der Waals surface area (Å²) in [5, 5.41) is 2.28. The summed E-state index contributed by atoms with van der Waals surface area (Å²) in [4.78, 5) is 37.7. The van der Waals surface area contributed by atoms with Gasteiger partial charge in [-0.25, -0.2) is 4.79 Å². The molecule has 0 aliphatic carbocycles. The highest BCUT2D eigenvalue weighted by molar-refractivity contribution is 6.16. The molecular formula is C18H16N2O3. The van der Waals surface area contributed by atoms with Gasteiger partial charge in [-0.3, -0.25) is 19.8 Å². The molecule has 1 fully saturated rings. The van der Waals surface area contributed by atoms with Gasteiger partial charge in [0.1, 0.15) is 5.92 Å². The zero-order valence-electron chi connectivity index (χ0n) is 12.4. The second kappa shape index (κ2) is 6.44. The predicted octanol–water partition coefficient (Wildman–Crippen LogP) is 2.12. The lowest BCUT2D eigenvalue weighted by atomic mass is 9.95. The summed E-state index contributed by atoms with van der Waals surface area (Å²) in [5.41, 5.74) is 1.72. The van der Waals surface area contributed by atoms with E-state index in [1.54, 1.807) is 0 Å². The molecule has 3 rings (SSSR count). The third-order valence-electron chi connectivity index (χ3n) is 3.82. The Bertz CT molecular complexity index is 667. The van der Waals surface area contributed by atoms with Crippen LogP contribution in [0.5, 0.6) is 0 Å². The van der Waals surface area contributed by atoms with E-state index in [4.69, 9.17) is 0 Å². The number of nitrogens with zero attached hydrogens (tertiary/aromatic N) is 1. The molecule has 1 N–H and O–H groups in total. The summed E-state index contributed by atoms with van der Waals surface area (Å²) in [6.45, 7) is 0.157. The zero-order chi connectivity index (χ0) is 16.2. The Kier molecular flexibility index (Phi) is 4.19. The number of amides is 4. The van der Waals surface area contributed by atoms with Gasteiger partial charge in [-0.15, -0.1) is 0 Å². The fraction of sp³-hybridized carbons (Fsp3) is 0.167. The van der Waals surface area contributed by atoms with Crippen LogP contribution in [-0.4, -0.2) is 22.7 Å². The van der Waals surface area contributed by atoms with Gasteiger partial charge in [-0.1, -0.05) is 60.7 Å². The number of nitrogens with one attached hydrogen (secondary N) is 1. The van der Waals surface area contributed by atoms with Gasteiger partial charge < -0.3 is 0 Å². The third-order valence-corrected chi connectivity index (χ3v) is 3.82. The monoisotopic (exact) mass is 308 g/mol. The highest BCUT2D eigenvalue weighted by Crippen LogP contribution is 2.18. The van der Waals surface area contributed by atoms with Gasteiger partial charge >= 0.3 is 6.03 Å². The molecule has 1 aliphatic heterocycles. The van der Waals surface area contributed by atoms with Crippen LogP contribution in [0, 0.1) is 5.92 Å². The molecule has 0 bridgehead atoms. The number of hydrogen-bond acceptors (Lipinski definition) is 3. The third kappa shape index (κ3) is 3.29. The first-order chi connectivity index (χ1) is 11.1. The van der Waals surface area contributed by atoms with Crippen molar-refractivity contribution in [2.45, 2.75) is 13.0 Å². The minimum absolute atomic E-state index is 0.157. The van der Waals surface area contributed by atoms with Gasteiger partial charge in [0, 0.05) is 0 Å². The minimum Gasteiger partial charge on any atom is -0.277 e. The second-order valence-electron chi connectivity index (χ2n) is 5.45. The Hall–Kier alpha value is -2.95. The van der Waals surface area contributed by atoms with Gasteiger partial charge in [0.25, 0.3) is 0 Å². The average molecular weight is 308 g/mol. The number of carbonyl (C=O) groups excluding carboxylic acids is 3. The molecule has 0 unspecified atom stereocenters. The molecule has 116 valence electrons. The molecule has 1 saturated heterocycles. The number of hydrogen-bond donors (Lipinski definition) is 1. The van der Waals surface area contributed by atoms with Crippen LogP contribution in [0.1, 0.15) is 11.1 Å². The zero-order valence-corrected chi connectivity index (χ0v) is 12.4. The van der Waals surface area contributed by atoms with E-state index in [0.29, 0.717) is 0 Å². The quantitative estimate of drug-likeness (QED) is 0.880. The van der Waals surface area contributed by atoms with Crippen molar-refractivity contribution in [3.05, 3.63) is 71.8 Å².